The van der Waals surface area contributed by atoms with Gasteiger partial charge in [0.1, 0.15) is 0 Å². The van der Waals surface area contributed by atoms with Crippen molar-refractivity contribution < 1.29 is 14.3 Å². The van der Waals surface area contributed by atoms with E-state index < -0.39 is 11.8 Å². The Morgan fingerprint density at radius 3 is 1.95 bits per heavy atom. The number of hydrogen-bond acceptors (Lipinski definition) is 4. The zero-order chi connectivity index (χ0) is 15.6. The lowest BCUT2D eigenvalue weighted by molar-refractivity contribution is -0.0337. The molecule has 0 aromatic heterocycles. The van der Waals surface area contributed by atoms with Gasteiger partial charge in [0.15, 0.2) is 0 Å². The first-order chi connectivity index (χ1) is 9.85. The molecule has 1 aromatic rings. The molecule has 114 valence electrons. The van der Waals surface area contributed by atoms with Crippen molar-refractivity contribution in [1.82, 2.24) is 0 Å². The van der Waals surface area contributed by atoms with Gasteiger partial charge in [0.05, 0.1) is 12.2 Å². The molecule has 5 N–H and O–H groups in total. The summed E-state index contributed by atoms with van der Waals surface area (Å²) in [6.45, 7) is 4.05. The van der Waals surface area contributed by atoms with Crippen LogP contribution in [0.4, 0.5) is 5.69 Å². The Labute approximate surface area is 123 Å². The molecule has 21 heavy (non-hydrogen) atoms. The molecule has 2 unspecified atom stereocenters. The number of amides is 2. The van der Waals surface area contributed by atoms with Crippen molar-refractivity contribution in [2.75, 3.05) is 5.32 Å². The Balaban J connectivity index is 2.22. The summed E-state index contributed by atoms with van der Waals surface area (Å²) in [6, 6.07) is 4.90. The van der Waals surface area contributed by atoms with Crippen molar-refractivity contribution in [3.8, 4) is 0 Å². The van der Waals surface area contributed by atoms with Gasteiger partial charge in [0, 0.05) is 22.9 Å². The highest BCUT2D eigenvalue weighted by Gasteiger charge is 2.24. The Bertz CT molecular complexity index is 517. The number of nitrogens with two attached hydrogens (primary N) is 2. The Hall–Kier alpha value is -2.08. The van der Waals surface area contributed by atoms with Gasteiger partial charge in [-0.05, 0) is 44.9 Å². The van der Waals surface area contributed by atoms with E-state index in [1.165, 1.54) is 6.07 Å². The molecule has 1 fully saturated rings. The standard InChI is InChI=1S/C15H21N3O3/c1-8-3-12(4-9(2)21-8)18-13-6-10(14(16)19)5-11(7-13)15(17)20/h5-9,12,18H,3-4H2,1-2H3,(H2,16,19)(H2,17,20). The number of anilines is 1. The number of primary amides is 2. The smallest absolute Gasteiger partial charge is 0.248 e. The molecule has 2 rings (SSSR count). The lowest BCUT2D eigenvalue weighted by Gasteiger charge is -2.33. The van der Waals surface area contributed by atoms with E-state index in [9.17, 15) is 9.59 Å². The highest BCUT2D eigenvalue weighted by Crippen LogP contribution is 2.24. The SMILES string of the molecule is CC1CC(Nc2cc(C(N)=O)cc(C(N)=O)c2)CC(C)O1. The Kier molecular flexibility index (Phi) is 4.47. The highest BCUT2D eigenvalue weighted by molar-refractivity contribution is 5.99. The first-order valence-electron chi connectivity index (χ1n) is 7.02. The lowest BCUT2D eigenvalue weighted by atomic mass is 9.99. The molecule has 1 aliphatic heterocycles. The van der Waals surface area contributed by atoms with Crippen LogP contribution >= 0.6 is 0 Å². The maximum absolute atomic E-state index is 11.3. The minimum Gasteiger partial charge on any atom is -0.382 e. The van der Waals surface area contributed by atoms with Crippen LogP contribution in [0.3, 0.4) is 0 Å². The third-order valence-corrected chi connectivity index (χ3v) is 3.57. The zero-order valence-corrected chi connectivity index (χ0v) is 12.3. The van der Waals surface area contributed by atoms with Crippen LogP contribution in [0.15, 0.2) is 18.2 Å². The van der Waals surface area contributed by atoms with Crippen LogP contribution < -0.4 is 16.8 Å². The van der Waals surface area contributed by atoms with Crippen LogP contribution in [0.1, 0.15) is 47.4 Å². The van der Waals surface area contributed by atoms with Crippen molar-refractivity contribution in [2.45, 2.75) is 44.9 Å². The molecule has 0 bridgehead atoms. The van der Waals surface area contributed by atoms with Gasteiger partial charge in [-0.15, -0.1) is 0 Å². The summed E-state index contributed by atoms with van der Waals surface area (Å²) in [7, 11) is 0. The number of carbonyl (C=O) groups is 2. The molecule has 0 aliphatic carbocycles. The van der Waals surface area contributed by atoms with E-state index in [2.05, 4.69) is 5.32 Å². The van der Waals surface area contributed by atoms with Crippen LogP contribution in [0.25, 0.3) is 0 Å². The minimum absolute atomic E-state index is 0.168. The van der Waals surface area contributed by atoms with Crippen LogP contribution in [-0.4, -0.2) is 30.1 Å². The predicted octanol–water partition coefficient (Wildman–Crippen LogP) is 1.25. The summed E-state index contributed by atoms with van der Waals surface area (Å²) in [5, 5.41) is 3.34. The maximum atomic E-state index is 11.3. The second-order valence-corrected chi connectivity index (χ2v) is 5.60. The molecule has 6 nitrogen and oxygen atoms in total. The van der Waals surface area contributed by atoms with Crippen molar-refractivity contribution in [3.05, 3.63) is 29.3 Å². The average molecular weight is 291 g/mol. The third kappa shape index (κ3) is 3.95. The van der Waals surface area contributed by atoms with Gasteiger partial charge in [-0.2, -0.15) is 0 Å². The van der Waals surface area contributed by atoms with Gasteiger partial charge in [-0.3, -0.25) is 9.59 Å². The van der Waals surface area contributed by atoms with Crippen LogP contribution in [-0.2, 0) is 4.74 Å². The average Bonchev–Trinajstić information content (AvgIpc) is 2.36. The van der Waals surface area contributed by atoms with Gasteiger partial charge in [-0.1, -0.05) is 0 Å². The van der Waals surface area contributed by atoms with Crippen LogP contribution in [0.2, 0.25) is 0 Å². The minimum atomic E-state index is -0.588. The third-order valence-electron chi connectivity index (χ3n) is 3.57. The largest absolute Gasteiger partial charge is 0.382 e. The summed E-state index contributed by atoms with van der Waals surface area (Å²) >= 11 is 0. The topological polar surface area (TPSA) is 107 Å². The number of benzene rings is 1. The summed E-state index contributed by atoms with van der Waals surface area (Å²) in [5.74, 6) is -1.18. The second-order valence-electron chi connectivity index (χ2n) is 5.60. The fourth-order valence-corrected chi connectivity index (χ4v) is 2.75. The second kappa shape index (κ2) is 6.13. The normalized spacial score (nSPS) is 25.3. The molecule has 1 aromatic carbocycles. The van der Waals surface area contributed by atoms with E-state index >= 15 is 0 Å². The number of hydrogen-bond donors (Lipinski definition) is 3. The maximum Gasteiger partial charge on any atom is 0.248 e. The van der Waals surface area contributed by atoms with Crippen molar-refractivity contribution in [1.29, 1.82) is 0 Å². The first-order valence-corrected chi connectivity index (χ1v) is 7.02. The van der Waals surface area contributed by atoms with Crippen LogP contribution in [0.5, 0.6) is 0 Å². The highest BCUT2D eigenvalue weighted by atomic mass is 16.5. The quantitative estimate of drug-likeness (QED) is 0.776. The van der Waals surface area contributed by atoms with E-state index in [0.717, 1.165) is 12.8 Å². The van der Waals surface area contributed by atoms with E-state index in [1.54, 1.807) is 12.1 Å². The van der Waals surface area contributed by atoms with Gasteiger partial charge < -0.3 is 21.5 Å². The molecule has 0 radical (unpaired) electrons. The fourth-order valence-electron chi connectivity index (χ4n) is 2.75. The number of ether oxygens (including phenoxy) is 1. The summed E-state index contributed by atoms with van der Waals surface area (Å²) in [5.41, 5.74) is 11.8. The van der Waals surface area contributed by atoms with Gasteiger partial charge in [-0.25, -0.2) is 0 Å². The van der Waals surface area contributed by atoms with Crippen molar-refractivity contribution in [3.63, 3.8) is 0 Å². The molecule has 2 amide bonds. The molecular formula is C15H21N3O3. The van der Waals surface area contributed by atoms with Crippen molar-refractivity contribution >= 4 is 17.5 Å². The van der Waals surface area contributed by atoms with Gasteiger partial charge in [0.2, 0.25) is 11.8 Å². The van der Waals surface area contributed by atoms with Gasteiger partial charge in [0.25, 0.3) is 0 Å². The number of rotatable bonds is 4. The van der Waals surface area contributed by atoms with E-state index in [1.807, 2.05) is 13.8 Å². The number of carbonyl (C=O) groups excluding carboxylic acids is 2. The van der Waals surface area contributed by atoms with E-state index in [-0.39, 0.29) is 29.4 Å². The summed E-state index contributed by atoms with van der Waals surface area (Å²) in [6.07, 6.45) is 2.05. The molecule has 1 saturated heterocycles. The molecule has 0 saturated carbocycles. The Morgan fingerprint density at radius 2 is 1.52 bits per heavy atom. The van der Waals surface area contributed by atoms with E-state index in [0.29, 0.717) is 5.69 Å². The van der Waals surface area contributed by atoms with Crippen LogP contribution in [0, 0.1) is 0 Å². The molecule has 6 heteroatoms. The summed E-state index contributed by atoms with van der Waals surface area (Å²) < 4.78 is 5.69. The lowest BCUT2D eigenvalue weighted by Crippen LogP contribution is -2.37. The molecule has 0 spiro atoms. The molecule has 1 aliphatic rings. The number of nitrogens with one attached hydrogen (secondary N) is 1. The Morgan fingerprint density at radius 1 is 1.05 bits per heavy atom. The molecule has 2 atom stereocenters. The monoisotopic (exact) mass is 291 g/mol. The summed E-state index contributed by atoms with van der Waals surface area (Å²) in [4.78, 5) is 22.7. The van der Waals surface area contributed by atoms with Gasteiger partial charge >= 0.3 is 0 Å². The van der Waals surface area contributed by atoms with Crippen molar-refractivity contribution in [2.24, 2.45) is 11.5 Å². The predicted molar refractivity (Wildman–Crippen MR) is 80.1 cm³/mol. The van der Waals surface area contributed by atoms with E-state index in [4.69, 9.17) is 16.2 Å². The molecule has 1 heterocycles. The molecular weight excluding hydrogens is 270 g/mol. The first kappa shape index (κ1) is 15.3. The fraction of sp³-hybridized carbons (Fsp3) is 0.467. The zero-order valence-electron chi connectivity index (χ0n) is 12.3.